The standard InChI is InChI=1S/C22H24N2O3/c1-4-19(25)15-9-7-10-17(12-15)23-21(26)20(14(2)3)24-13-16-8-5-6-11-18(16)22(24)27/h5-12,14,20H,4,13H2,1-3H3,(H,23,26)/t20-/m0/s1. The highest BCUT2D eigenvalue weighted by atomic mass is 16.2. The van der Waals surface area contributed by atoms with E-state index in [1.165, 1.54) is 0 Å². The average molecular weight is 364 g/mol. The van der Waals surface area contributed by atoms with Gasteiger partial charge >= 0.3 is 0 Å². The third kappa shape index (κ3) is 3.77. The molecule has 3 rings (SSSR count). The maximum absolute atomic E-state index is 13.0. The van der Waals surface area contributed by atoms with Crippen LogP contribution in [0.15, 0.2) is 48.5 Å². The monoisotopic (exact) mass is 364 g/mol. The van der Waals surface area contributed by atoms with E-state index in [1.54, 1.807) is 42.2 Å². The third-order valence-corrected chi connectivity index (χ3v) is 4.86. The van der Waals surface area contributed by atoms with Crippen LogP contribution in [0.5, 0.6) is 0 Å². The van der Waals surface area contributed by atoms with Gasteiger partial charge in [0.2, 0.25) is 5.91 Å². The van der Waals surface area contributed by atoms with Crippen molar-refractivity contribution in [3.05, 3.63) is 65.2 Å². The fraction of sp³-hybridized carbons (Fsp3) is 0.318. The van der Waals surface area contributed by atoms with Crippen molar-refractivity contribution in [2.24, 2.45) is 5.92 Å². The second-order valence-electron chi connectivity index (χ2n) is 7.13. The Morgan fingerprint density at radius 3 is 2.52 bits per heavy atom. The molecule has 2 aromatic rings. The molecule has 27 heavy (non-hydrogen) atoms. The van der Waals surface area contributed by atoms with Gasteiger partial charge in [-0.2, -0.15) is 0 Å². The number of carbonyl (C=O) groups is 3. The highest BCUT2D eigenvalue weighted by molar-refractivity contribution is 6.04. The van der Waals surface area contributed by atoms with Gasteiger partial charge in [0.1, 0.15) is 6.04 Å². The first-order valence-electron chi connectivity index (χ1n) is 9.25. The summed E-state index contributed by atoms with van der Waals surface area (Å²) in [5.41, 5.74) is 2.73. The lowest BCUT2D eigenvalue weighted by Gasteiger charge is -2.30. The van der Waals surface area contributed by atoms with Gasteiger partial charge in [0, 0.05) is 29.8 Å². The Kier molecular flexibility index (Phi) is 5.40. The molecule has 0 bridgehead atoms. The van der Waals surface area contributed by atoms with Crippen LogP contribution in [0.2, 0.25) is 0 Å². The van der Waals surface area contributed by atoms with E-state index in [0.717, 1.165) is 5.56 Å². The Bertz CT molecular complexity index is 889. The van der Waals surface area contributed by atoms with Gasteiger partial charge in [-0.3, -0.25) is 14.4 Å². The number of amides is 2. The third-order valence-electron chi connectivity index (χ3n) is 4.86. The molecule has 1 atom stereocenters. The van der Waals surface area contributed by atoms with Crippen LogP contribution >= 0.6 is 0 Å². The van der Waals surface area contributed by atoms with E-state index in [4.69, 9.17) is 0 Å². The maximum Gasteiger partial charge on any atom is 0.255 e. The Labute approximate surface area is 159 Å². The predicted octanol–water partition coefficient (Wildman–Crippen LogP) is 3.90. The molecule has 1 N–H and O–H groups in total. The van der Waals surface area contributed by atoms with E-state index in [1.807, 2.05) is 32.0 Å². The van der Waals surface area contributed by atoms with Crippen molar-refractivity contribution in [3.63, 3.8) is 0 Å². The van der Waals surface area contributed by atoms with Crippen LogP contribution in [0.1, 0.15) is 53.5 Å². The normalized spacial score (nSPS) is 14.2. The zero-order chi connectivity index (χ0) is 19.6. The van der Waals surface area contributed by atoms with E-state index < -0.39 is 6.04 Å². The lowest BCUT2D eigenvalue weighted by Crippen LogP contribution is -2.47. The van der Waals surface area contributed by atoms with Crippen LogP contribution in [-0.4, -0.2) is 28.5 Å². The van der Waals surface area contributed by atoms with Crippen LogP contribution < -0.4 is 5.32 Å². The van der Waals surface area contributed by atoms with Gasteiger partial charge in [-0.15, -0.1) is 0 Å². The summed E-state index contributed by atoms with van der Waals surface area (Å²) in [6.45, 7) is 6.09. The zero-order valence-electron chi connectivity index (χ0n) is 15.9. The van der Waals surface area contributed by atoms with Gasteiger partial charge in [0.15, 0.2) is 5.78 Å². The molecule has 0 saturated carbocycles. The van der Waals surface area contributed by atoms with E-state index >= 15 is 0 Å². The Hall–Kier alpha value is -2.95. The van der Waals surface area contributed by atoms with Crippen LogP contribution in [0.3, 0.4) is 0 Å². The first-order chi connectivity index (χ1) is 12.9. The molecule has 0 spiro atoms. The van der Waals surface area contributed by atoms with Gasteiger partial charge in [-0.25, -0.2) is 0 Å². The maximum atomic E-state index is 13.0. The number of hydrogen-bond acceptors (Lipinski definition) is 3. The SMILES string of the molecule is CCC(=O)c1cccc(NC(=O)[C@H](C(C)C)N2Cc3ccccc3C2=O)c1. The largest absolute Gasteiger partial charge is 0.324 e. The summed E-state index contributed by atoms with van der Waals surface area (Å²) in [5.74, 6) is -0.387. The van der Waals surface area contributed by atoms with Crippen molar-refractivity contribution in [2.75, 3.05) is 5.32 Å². The number of hydrogen-bond donors (Lipinski definition) is 1. The minimum Gasteiger partial charge on any atom is -0.324 e. The van der Waals surface area contributed by atoms with Crippen LogP contribution in [0.25, 0.3) is 0 Å². The van der Waals surface area contributed by atoms with Gasteiger partial charge < -0.3 is 10.2 Å². The quantitative estimate of drug-likeness (QED) is 0.791. The number of nitrogens with zero attached hydrogens (tertiary/aromatic N) is 1. The lowest BCUT2D eigenvalue weighted by molar-refractivity contribution is -0.122. The topological polar surface area (TPSA) is 66.5 Å². The molecule has 0 saturated heterocycles. The van der Waals surface area contributed by atoms with Crippen molar-refractivity contribution < 1.29 is 14.4 Å². The summed E-state index contributed by atoms with van der Waals surface area (Å²) in [6, 6.07) is 13.8. The van der Waals surface area contributed by atoms with Crippen molar-refractivity contribution in [1.29, 1.82) is 0 Å². The van der Waals surface area contributed by atoms with Crippen molar-refractivity contribution >= 4 is 23.3 Å². The first-order valence-corrected chi connectivity index (χ1v) is 9.25. The summed E-state index contributed by atoms with van der Waals surface area (Å²) < 4.78 is 0. The highest BCUT2D eigenvalue weighted by Gasteiger charge is 2.37. The molecule has 0 unspecified atom stereocenters. The molecule has 140 valence electrons. The van der Waals surface area contributed by atoms with Gasteiger partial charge in [-0.1, -0.05) is 51.1 Å². The van der Waals surface area contributed by atoms with Gasteiger partial charge in [0.05, 0.1) is 0 Å². The van der Waals surface area contributed by atoms with Crippen LogP contribution in [0.4, 0.5) is 5.69 Å². The van der Waals surface area contributed by atoms with Crippen LogP contribution in [0, 0.1) is 5.92 Å². The molecule has 5 nitrogen and oxygen atoms in total. The number of Topliss-reactive ketones (excluding diaryl/α,β-unsaturated/α-hetero) is 1. The first kappa shape index (κ1) is 18.8. The summed E-state index contributed by atoms with van der Waals surface area (Å²) in [6.07, 6.45) is 0.409. The van der Waals surface area contributed by atoms with E-state index in [0.29, 0.717) is 29.8 Å². The van der Waals surface area contributed by atoms with Crippen molar-refractivity contribution in [1.82, 2.24) is 4.90 Å². The summed E-state index contributed by atoms with van der Waals surface area (Å²) in [5, 5.41) is 2.88. The van der Waals surface area contributed by atoms with Gasteiger partial charge in [0.25, 0.3) is 5.91 Å². The molecule has 5 heteroatoms. The zero-order valence-corrected chi connectivity index (χ0v) is 15.9. The molecule has 2 aromatic carbocycles. The molecule has 1 aliphatic heterocycles. The Morgan fingerprint density at radius 1 is 1.11 bits per heavy atom. The molecule has 0 aliphatic carbocycles. The number of benzene rings is 2. The minimum atomic E-state index is -0.588. The number of carbonyl (C=O) groups excluding carboxylic acids is 3. The molecule has 1 heterocycles. The number of nitrogens with one attached hydrogen (secondary N) is 1. The highest BCUT2D eigenvalue weighted by Crippen LogP contribution is 2.27. The molecule has 0 fully saturated rings. The van der Waals surface area contributed by atoms with E-state index in [2.05, 4.69) is 5.32 Å². The van der Waals surface area contributed by atoms with Crippen LogP contribution in [-0.2, 0) is 11.3 Å². The Morgan fingerprint density at radius 2 is 1.85 bits per heavy atom. The Balaban J connectivity index is 1.82. The smallest absolute Gasteiger partial charge is 0.255 e. The number of rotatable bonds is 6. The lowest BCUT2D eigenvalue weighted by atomic mass is 10.0. The fourth-order valence-corrected chi connectivity index (χ4v) is 3.50. The second-order valence-corrected chi connectivity index (χ2v) is 7.13. The fourth-order valence-electron chi connectivity index (χ4n) is 3.50. The number of ketones is 1. The average Bonchev–Trinajstić information content (AvgIpc) is 2.98. The van der Waals surface area contributed by atoms with Crippen molar-refractivity contribution in [2.45, 2.75) is 39.8 Å². The summed E-state index contributed by atoms with van der Waals surface area (Å²) in [4.78, 5) is 39.3. The molecule has 0 aromatic heterocycles. The van der Waals surface area contributed by atoms with Crippen molar-refractivity contribution in [3.8, 4) is 0 Å². The number of anilines is 1. The minimum absolute atomic E-state index is 0.0247. The second kappa shape index (κ2) is 7.74. The molecular weight excluding hydrogens is 340 g/mol. The predicted molar refractivity (Wildman–Crippen MR) is 105 cm³/mol. The van der Waals surface area contributed by atoms with E-state index in [9.17, 15) is 14.4 Å². The molecule has 1 aliphatic rings. The molecule has 0 radical (unpaired) electrons. The summed E-state index contributed by atoms with van der Waals surface area (Å²) in [7, 11) is 0. The van der Waals surface area contributed by atoms with E-state index in [-0.39, 0.29) is 23.5 Å². The number of fused-ring (bicyclic) bond motifs is 1. The molecule has 2 amide bonds. The molecular formula is C22H24N2O3. The van der Waals surface area contributed by atoms with Gasteiger partial charge in [-0.05, 0) is 29.7 Å². The summed E-state index contributed by atoms with van der Waals surface area (Å²) >= 11 is 0.